The van der Waals surface area contributed by atoms with Gasteiger partial charge in [0.05, 0.1) is 11.7 Å². The summed E-state index contributed by atoms with van der Waals surface area (Å²) in [5, 5.41) is 11.3. The summed E-state index contributed by atoms with van der Waals surface area (Å²) in [6, 6.07) is 4.80. The van der Waals surface area contributed by atoms with Gasteiger partial charge in [-0.3, -0.25) is 0 Å². The van der Waals surface area contributed by atoms with Crippen molar-refractivity contribution in [3.05, 3.63) is 18.2 Å². The van der Waals surface area contributed by atoms with Crippen LogP contribution in [0.4, 0.5) is 11.4 Å². The van der Waals surface area contributed by atoms with Crippen molar-refractivity contribution in [2.75, 3.05) is 11.5 Å². The van der Waals surface area contributed by atoms with Crippen LogP contribution in [0.1, 0.15) is 90.4 Å². The molecule has 0 amide bonds. The Balaban J connectivity index is 2.11. The topological polar surface area (TPSA) is 101 Å². The highest BCUT2D eigenvalue weighted by molar-refractivity contribution is 5.71. The van der Waals surface area contributed by atoms with Gasteiger partial charge in [-0.15, -0.1) is 0 Å². The number of hydrogen-bond acceptors (Lipinski definition) is 5. The standard InChI is InChI=1S/C22H38N2O3/c1-2-3-4-5-6-7-8-9-10-11-12-13-14-21(22(25)26)27-20-16-15-18(23)17-19(20)24/h15-17,21H,2-14,23-24H2,1H3,(H,25,26)/p-1. The average molecular weight is 378 g/mol. The van der Waals surface area contributed by atoms with Crippen LogP contribution >= 0.6 is 0 Å². The maximum atomic E-state index is 11.3. The summed E-state index contributed by atoms with van der Waals surface area (Å²) in [7, 11) is 0. The Morgan fingerprint density at radius 2 is 1.44 bits per heavy atom. The first-order valence-electron chi connectivity index (χ1n) is 10.6. The summed E-state index contributed by atoms with van der Waals surface area (Å²) in [6.07, 6.45) is 14.3. The molecule has 5 heteroatoms. The summed E-state index contributed by atoms with van der Waals surface area (Å²) in [5.74, 6) is -0.855. The molecule has 1 aromatic carbocycles. The van der Waals surface area contributed by atoms with Crippen molar-refractivity contribution in [3.8, 4) is 5.75 Å². The number of carbonyl (C=O) groups is 1. The lowest BCUT2D eigenvalue weighted by molar-refractivity contribution is -0.313. The second kappa shape index (κ2) is 14.2. The van der Waals surface area contributed by atoms with E-state index in [-0.39, 0.29) is 0 Å². The summed E-state index contributed by atoms with van der Waals surface area (Å²) < 4.78 is 5.52. The molecule has 0 saturated heterocycles. The van der Waals surface area contributed by atoms with Gasteiger partial charge in [-0.25, -0.2) is 0 Å². The van der Waals surface area contributed by atoms with Crippen molar-refractivity contribution in [1.29, 1.82) is 0 Å². The molecule has 1 rings (SSSR count). The van der Waals surface area contributed by atoms with E-state index in [1.807, 2.05) is 0 Å². The van der Waals surface area contributed by atoms with Crippen LogP contribution in [0.25, 0.3) is 0 Å². The normalized spacial score (nSPS) is 12.0. The molecule has 154 valence electrons. The van der Waals surface area contributed by atoms with E-state index in [9.17, 15) is 9.90 Å². The van der Waals surface area contributed by atoms with Gasteiger partial charge in [0.15, 0.2) is 0 Å². The van der Waals surface area contributed by atoms with Crippen molar-refractivity contribution >= 4 is 17.3 Å². The molecule has 0 radical (unpaired) electrons. The van der Waals surface area contributed by atoms with Crippen LogP contribution in [-0.2, 0) is 4.79 Å². The lowest BCUT2D eigenvalue weighted by Gasteiger charge is -2.21. The van der Waals surface area contributed by atoms with Gasteiger partial charge >= 0.3 is 0 Å². The quantitative estimate of drug-likeness (QED) is 0.327. The lowest BCUT2D eigenvalue weighted by Crippen LogP contribution is -2.39. The molecule has 0 heterocycles. The van der Waals surface area contributed by atoms with E-state index in [1.54, 1.807) is 18.2 Å². The van der Waals surface area contributed by atoms with Crippen molar-refractivity contribution in [3.63, 3.8) is 0 Å². The van der Waals surface area contributed by atoms with Crippen LogP contribution in [-0.4, -0.2) is 12.1 Å². The van der Waals surface area contributed by atoms with Crippen molar-refractivity contribution in [1.82, 2.24) is 0 Å². The molecule has 27 heavy (non-hydrogen) atoms. The number of benzene rings is 1. The molecule has 0 spiro atoms. The molecule has 1 aromatic rings. The van der Waals surface area contributed by atoms with Gasteiger partial charge in [0.25, 0.3) is 0 Å². The number of aliphatic carboxylic acids is 1. The first-order valence-corrected chi connectivity index (χ1v) is 10.6. The van der Waals surface area contributed by atoms with E-state index in [4.69, 9.17) is 16.2 Å². The first kappa shape index (κ1) is 23.1. The third kappa shape index (κ3) is 10.7. The molecule has 0 bridgehead atoms. The smallest absolute Gasteiger partial charge is 0.143 e. The Hall–Kier alpha value is -1.91. The third-order valence-corrected chi connectivity index (χ3v) is 4.89. The zero-order chi connectivity index (χ0) is 19.9. The van der Waals surface area contributed by atoms with E-state index >= 15 is 0 Å². The van der Waals surface area contributed by atoms with Crippen molar-refractivity contribution < 1.29 is 14.6 Å². The molecule has 4 N–H and O–H groups in total. The number of carbonyl (C=O) groups excluding carboxylic acids is 1. The van der Waals surface area contributed by atoms with Crippen LogP contribution in [0.3, 0.4) is 0 Å². The minimum absolute atomic E-state index is 0.343. The number of ether oxygens (including phenoxy) is 1. The van der Waals surface area contributed by atoms with Gasteiger partial charge in [-0.1, -0.05) is 77.6 Å². The molecule has 0 aliphatic rings. The number of carboxylic acid groups (broad SMARTS) is 1. The Morgan fingerprint density at radius 1 is 0.926 bits per heavy atom. The maximum absolute atomic E-state index is 11.3. The number of nitrogens with two attached hydrogens (primary N) is 2. The second-order valence-corrected chi connectivity index (χ2v) is 7.40. The van der Waals surface area contributed by atoms with E-state index in [1.165, 1.54) is 57.8 Å². The maximum Gasteiger partial charge on any atom is 0.143 e. The largest absolute Gasteiger partial charge is 0.546 e. The molecular formula is C22H37N2O3-. The highest BCUT2D eigenvalue weighted by Crippen LogP contribution is 2.25. The molecule has 0 aromatic heterocycles. The fourth-order valence-corrected chi connectivity index (χ4v) is 3.22. The van der Waals surface area contributed by atoms with E-state index in [0.29, 0.717) is 23.5 Å². The number of anilines is 2. The second-order valence-electron chi connectivity index (χ2n) is 7.40. The van der Waals surface area contributed by atoms with E-state index in [2.05, 4.69) is 6.92 Å². The van der Waals surface area contributed by atoms with Crippen LogP contribution < -0.4 is 21.3 Å². The van der Waals surface area contributed by atoms with Gasteiger partial charge in [-0.05, 0) is 31.0 Å². The molecular weight excluding hydrogens is 340 g/mol. The minimum Gasteiger partial charge on any atom is -0.546 e. The number of rotatable bonds is 16. The number of hydrogen-bond donors (Lipinski definition) is 2. The third-order valence-electron chi connectivity index (χ3n) is 4.89. The SMILES string of the molecule is CCCCCCCCCCCCCCC(Oc1ccc(N)cc1N)C(=O)[O-]. The van der Waals surface area contributed by atoms with E-state index < -0.39 is 12.1 Å². The first-order chi connectivity index (χ1) is 13.0. The molecule has 1 atom stereocenters. The van der Waals surface area contributed by atoms with Gasteiger partial charge in [-0.2, -0.15) is 0 Å². The fraction of sp³-hybridized carbons (Fsp3) is 0.682. The highest BCUT2D eigenvalue weighted by Gasteiger charge is 2.13. The van der Waals surface area contributed by atoms with Crippen LogP contribution in [0.15, 0.2) is 18.2 Å². The summed E-state index contributed by atoms with van der Waals surface area (Å²) >= 11 is 0. The summed E-state index contributed by atoms with van der Waals surface area (Å²) in [6.45, 7) is 2.24. The van der Waals surface area contributed by atoms with Crippen molar-refractivity contribution in [2.45, 2.75) is 96.5 Å². The highest BCUT2D eigenvalue weighted by atomic mass is 16.5. The molecule has 0 saturated carbocycles. The zero-order valence-corrected chi connectivity index (χ0v) is 16.9. The zero-order valence-electron chi connectivity index (χ0n) is 16.9. The summed E-state index contributed by atoms with van der Waals surface area (Å²) in [5.41, 5.74) is 12.3. The van der Waals surface area contributed by atoms with E-state index in [0.717, 1.165) is 19.3 Å². The minimum atomic E-state index is -1.20. The molecule has 5 nitrogen and oxygen atoms in total. The average Bonchev–Trinajstić information content (AvgIpc) is 2.63. The molecule has 1 unspecified atom stereocenters. The Bertz CT molecular complexity index is 534. The Morgan fingerprint density at radius 3 is 1.93 bits per heavy atom. The lowest BCUT2D eigenvalue weighted by atomic mass is 10.0. The molecule has 0 fully saturated rings. The van der Waals surface area contributed by atoms with Gasteiger partial charge in [0.1, 0.15) is 11.9 Å². The molecule has 0 aliphatic heterocycles. The predicted octanol–water partition coefficient (Wildman–Crippen LogP) is 4.44. The molecule has 0 aliphatic carbocycles. The fourth-order valence-electron chi connectivity index (χ4n) is 3.22. The van der Waals surface area contributed by atoms with Crippen LogP contribution in [0.2, 0.25) is 0 Å². The van der Waals surface area contributed by atoms with Gasteiger partial charge in [0, 0.05) is 5.69 Å². The van der Waals surface area contributed by atoms with Crippen molar-refractivity contribution in [2.24, 2.45) is 0 Å². The monoisotopic (exact) mass is 377 g/mol. The number of nitrogen functional groups attached to an aromatic ring is 2. The van der Waals surface area contributed by atoms with Gasteiger partial charge < -0.3 is 26.1 Å². The summed E-state index contributed by atoms with van der Waals surface area (Å²) in [4.78, 5) is 11.3. The number of unbranched alkanes of at least 4 members (excludes halogenated alkanes) is 11. The Labute approximate surface area is 164 Å². The predicted molar refractivity (Wildman–Crippen MR) is 110 cm³/mol. The van der Waals surface area contributed by atoms with Crippen LogP contribution in [0.5, 0.6) is 5.75 Å². The Kier molecular flexibility index (Phi) is 12.2. The van der Waals surface area contributed by atoms with Gasteiger partial charge in [0.2, 0.25) is 0 Å². The van der Waals surface area contributed by atoms with Crippen LogP contribution in [0, 0.1) is 0 Å². The number of carboxylic acids is 1.